The molecule has 1 rings (SSSR count). The Labute approximate surface area is 96.8 Å². The summed E-state index contributed by atoms with van der Waals surface area (Å²) in [5, 5.41) is 0. The van der Waals surface area contributed by atoms with Gasteiger partial charge >= 0.3 is 5.97 Å². The molecule has 16 heavy (non-hydrogen) atoms. The fraction of sp³-hybridized carbons (Fsp3) is 0.615. The molecule has 90 valence electrons. The van der Waals surface area contributed by atoms with E-state index in [9.17, 15) is 4.79 Å². The Hall–Kier alpha value is -1.25. The number of esters is 1. The minimum absolute atomic E-state index is 0.321. The van der Waals surface area contributed by atoms with Gasteiger partial charge in [0.15, 0.2) is 0 Å². The molecule has 1 heterocycles. The standard InChI is InChI=1S/C13H20O3/c1-3-5-7-11-8-9-12(16-11)13(14)15-10-6-4-2/h8-9H,3-7,10H2,1-2H3. The highest BCUT2D eigenvalue weighted by molar-refractivity contribution is 5.86. The zero-order chi connectivity index (χ0) is 11.8. The van der Waals surface area contributed by atoms with E-state index in [1.807, 2.05) is 6.07 Å². The number of carbonyl (C=O) groups is 1. The molecule has 3 nitrogen and oxygen atoms in total. The molecule has 0 atom stereocenters. The molecule has 0 aromatic carbocycles. The third-order valence-corrected chi connectivity index (χ3v) is 2.37. The average molecular weight is 224 g/mol. The lowest BCUT2D eigenvalue weighted by atomic mass is 10.2. The Morgan fingerprint density at radius 2 is 2.00 bits per heavy atom. The van der Waals surface area contributed by atoms with Gasteiger partial charge < -0.3 is 9.15 Å². The molecule has 0 aliphatic carbocycles. The number of hydrogen-bond donors (Lipinski definition) is 0. The van der Waals surface area contributed by atoms with Crippen molar-refractivity contribution in [3.05, 3.63) is 23.7 Å². The van der Waals surface area contributed by atoms with Crippen molar-refractivity contribution in [3.63, 3.8) is 0 Å². The molecule has 0 unspecified atom stereocenters. The lowest BCUT2D eigenvalue weighted by Gasteiger charge is -2.00. The lowest BCUT2D eigenvalue weighted by molar-refractivity contribution is 0.0461. The molecule has 0 saturated carbocycles. The van der Waals surface area contributed by atoms with Crippen molar-refractivity contribution in [2.45, 2.75) is 46.0 Å². The number of hydrogen-bond acceptors (Lipinski definition) is 3. The van der Waals surface area contributed by atoms with Crippen LogP contribution in [0.4, 0.5) is 0 Å². The molecular formula is C13H20O3. The van der Waals surface area contributed by atoms with Crippen molar-refractivity contribution >= 4 is 5.97 Å². The minimum atomic E-state index is -0.351. The third-order valence-electron chi connectivity index (χ3n) is 2.37. The van der Waals surface area contributed by atoms with Crippen molar-refractivity contribution in [2.24, 2.45) is 0 Å². The Balaban J connectivity index is 2.40. The van der Waals surface area contributed by atoms with Gasteiger partial charge in [0.05, 0.1) is 6.61 Å². The van der Waals surface area contributed by atoms with Gasteiger partial charge in [-0.05, 0) is 25.0 Å². The molecule has 0 N–H and O–H groups in total. The summed E-state index contributed by atoms with van der Waals surface area (Å²) in [7, 11) is 0. The maximum Gasteiger partial charge on any atom is 0.374 e. The maximum absolute atomic E-state index is 11.5. The minimum Gasteiger partial charge on any atom is -0.460 e. The predicted molar refractivity (Wildman–Crippen MR) is 62.5 cm³/mol. The van der Waals surface area contributed by atoms with Gasteiger partial charge in [-0.1, -0.05) is 26.7 Å². The number of aryl methyl sites for hydroxylation is 1. The molecule has 0 aliphatic heterocycles. The monoisotopic (exact) mass is 224 g/mol. The van der Waals surface area contributed by atoms with Gasteiger partial charge in [-0.15, -0.1) is 0 Å². The molecule has 0 saturated heterocycles. The Kier molecular flexibility index (Phi) is 5.68. The van der Waals surface area contributed by atoms with Gasteiger partial charge in [-0.3, -0.25) is 0 Å². The van der Waals surface area contributed by atoms with E-state index in [0.29, 0.717) is 12.4 Å². The number of rotatable bonds is 7. The summed E-state index contributed by atoms with van der Waals surface area (Å²) in [5.74, 6) is 0.836. The zero-order valence-electron chi connectivity index (χ0n) is 10.1. The SMILES string of the molecule is CCCCOC(=O)c1ccc(CCCC)o1. The zero-order valence-corrected chi connectivity index (χ0v) is 10.1. The van der Waals surface area contributed by atoms with E-state index < -0.39 is 0 Å². The number of unbranched alkanes of at least 4 members (excludes halogenated alkanes) is 2. The Bertz CT molecular complexity index is 315. The first-order chi connectivity index (χ1) is 7.77. The second kappa shape index (κ2) is 7.09. The molecular weight excluding hydrogens is 204 g/mol. The first kappa shape index (κ1) is 12.8. The summed E-state index contributed by atoms with van der Waals surface area (Å²) in [6.07, 6.45) is 5.01. The molecule has 0 bridgehead atoms. The van der Waals surface area contributed by atoms with E-state index in [4.69, 9.17) is 9.15 Å². The largest absolute Gasteiger partial charge is 0.460 e. The second-order valence-corrected chi connectivity index (χ2v) is 3.86. The Morgan fingerprint density at radius 3 is 2.69 bits per heavy atom. The van der Waals surface area contributed by atoms with Crippen molar-refractivity contribution in [3.8, 4) is 0 Å². The van der Waals surface area contributed by atoms with E-state index in [-0.39, 0.29) is 5.97 Å². The summed E-state index contributed by atoms with van der Waals surface area (Å²) < 4.78 is 10.5. The molecule has 0 aliphatic rings. The van der Waals surface area contributed by atoms with Gasteiger partial charge in [0.2, 0.25) is 5.76 Å². The molecule has 0 amide bonds. The average Bonchev–Trinajstić information content (AvgIpc) is 2.75. The van der Waals surface area contributed by atoms with Crippen LogP contribution in [0.15, 0.2) is 16.5 Å². The van der Waals surface area contributed by atoms with Crippen LogP contribution in [-0.4, -0.2) is 12.6 Å². The highest BCUT2D eigenvalue weighted by atomic mass is 16.5. The summed E-state index contributed by atoms with van der Waals surface area (Å²) in [4.78, 5) is 11.5. The van der Waals surface area contributed by atoms with Crippen molar-refractivity contribution in [2.75, 3.05) is 6.61 Å². The van der Waals surface area contributed by atoms with Crippen molar-refractivity contribution in [1.29, 1.82) is 0 Å². The van der Waals surface area contributed by atoms with Crippen LogP contribution in [-0.2, 0) is 11.2 Å². The summed E-state index contributed by atoms with van der Waals surface area (Å²) in [6.45, 7) is 4.66. The summed E-state index contributed by atoms with van der Waals surface area (Å²) in [5.41, 5.74) is 0. The summed E-state index contributed by atoms with van der Waals surface area (Å²) >= 11 is 0. The molecule has 1 aromatic heterocycles. The van der Waals surface area contributed by atoms with Crippen molar-refractivity contribution in [1.82, 2.24) is 0 Å². The number of furan rings is 1. The molecule has 3 heteroatoms. The third kappa shape index (κ3) is 4.09. The van der Waals surface area contributed by atoms with Crippen LogP contribution in [0.1, 0.15) is 55.8 Å². The van der Waals surface area contributed by atoms with E-state index in [1.54, 1.807) is 6.07 Å². The van der Waals surface area contributed by atoms with Crippen molar-refractivity contribution < 1.29 is 13.9 Å². The van der Waals surface area contributed by atoms with Crippen LogP contribution >= 0.6 is 0 Å². The lowest BCUT2D eigenvalue weighted by Crippen LogP contribution is -2.04. The molecule has 0 radical (unpaired) electrons. The van der Waals surface area contributed by atoms with E-state index in [1.165, 1.54) is 0 Å². The highest BCUT2D eigenvalue weighted by Crippen LogP contribution is 2.12. The smallest absolute Gasteiger partial charge is 0.374 e. The van der Waals surface area contributed by atoms with Crippen LogP contribution in [0.2, 0.25) is 0 Å². The van der Waals surface area contributed by atoms with Gasteiger partial charge in [0.25, 0.3) is 0 Å². The van der Waals surface area contributed by atoms with E-state index >= 15 is 0 Å². The predicted octanol–water partition coefficient (Wildman–Crippen LogP) is 3.58. The van der Waals surface area contributed by atoms with Crippen LogP contribution in [0.5, 0.6) is 0 Å². The first-order valence-corrected chi connectivity index (χ1v) is 6.03. The fourth-order valence-electron chi connectivity index (χ4n) is 1.35. The topological polar surface area (TPSA) is 39.4 Å². The fourth-order valence-corrected chi connectivity index (χ4v) is 1.35. The quantitative estimate of drug-likeness (QED) is 0.525. The van der Waals surface area contributed by atoms with Gasteiger partial charge in [0.1, 0.15) is 5.76 Å². The van der Waals surface area contributed by atoms with Crippen LogP contribution in [0.25, 0.3) is 0 Å². The summed E-state index contributed by atoms with van der Waals surface area (Å²) in [6, 6.07) is 3.55. The number of ether oxygens (including phenoxy) is 1. The molecule has 0 fully saturated rings. The Morgan fingerprint density at radius 1 is 1.25 bits per heavy atom. The van der Waals surface area contributed by atoms with Gasteiger partial charge in [0, 0.05) is 6.42 Å². The maximum atomic E-state index is 11.5. The van der Waals surface area contributed by atoms with Gasteiger partial charge in [-0.25, -0.2) is 4.79 Å². The van der Waals surface area contributed by atoms with Gasteiger partial charge in [-0.2, -0.15) is 0 Å². The molecule has 0 spiro atoms. The van der Waals surface area contributed by atoms with E-state index in [2.05, 4.69) is 13.8 Å². The second-order valence-electron chi connectivity index (χ2n) is 3.86. The van der Waals surface area contributed by atoms with Crippen LogP contribution in [0.3, 0.4) is 0 Å². The van der Waals surface area contributed by atoms with Crippen LogP contribution in [0, 0.1) is 0 Å². The highest BCUT2D eigenvalue weighted by Gasteiger charge is 2.11. The van der Waals surface area contributed by atoms with E-state index in [0.717, 1.165) is 37.9 Å². The number of carbonyl (C=O) groups excluding carboxylic acids is 1. The normalized spacial score (nSPS) is 10.4. The molecule has 1 aromatic rings. The van der Waals surface area contributed by atoms with Crippen LogP contribution < -0.4 is 0 Å². The first-order valence-electron chi connectivity index (χ1n) is 6.03.